The maximum atomic E-state index is 13.7. The Morgan fingerprint density at radius 3 is 2.47 bits per heavy atom. The molecule has 1 amide bonds. The normalized spacial score (nSPS) is 10.9. The molecule has 0 bridgehead atoms. The van der Waals surface area contributed by atoms with Gasteiger partial charge in [-0.2, -0.15) is 0 Å². The number of thioether (sulfide) groups is 1. The van der Waals surface area contributed by atoms with Crippen molar-refractivity contribution in [2.24, 2.45) is 0 Å². The Kier molecular flexibility index (Phi) is 8.21. The van der Waals surface area contributed by atoms with Gasteiger partial charge in [0.15, 0.2) is 11.0 Å². The van der Waals surface area contributed by atoms with Crippen LogP contribution in [0.15, 0.2) is 78.0 Å². The predicted octanol–water partition coefficient (Wildman–Crippen LogP) is 7.28. The number of amides is 1. The van der Waals surface area contributed by atoms with E-state index in [4.69, 9.17) is 23.2 Å². The lowest BCUT2D eigenvalue weighted by Gasteiger charge is -2.11. The molecule has 0 radical (unpaired) electrons. The Bertz CT molecular complexity index is 1280. The fourth-order valence-corrected chi connectivity index (χ4v) is 4.56. The number of halogens is 3. The van der Waals surface area contributed by atoms with Crippen LogP contribution in [0.5, 0.6) is 0 Å². The quantitative estimate of drug-likeness (QED) is 0.188. The fraction of sp³-hybridized carbons (Fsp3) is 0.160. The van der Waals surface area contributed by atoms with Crippen LogP contribution in [-0.2, 0) is 4.79 Å². The lowest BCUT2D eigenvalue weighted by atomic mass is 10.2. The standard InChI is InChI=1S/C25H21Cl2FN4OS/c26-19-14-13-18(16-20(19)27)32-24(17-8-2-1-3-9-17)30-31-25(32)34-15-7-6-12-23(33)29-22-11-5-4-10-21(22)28/h1-5,8-11,13-14,16H,6-7,12,15H2,(H,29,33). The zero-order valence-corrected chi connectivity index (χ0v) is 20.4. The number of carbonyl (C=O) groups is 1. The van der Waals surface area contributed by atoms with Crippen molar-refractivity contribution in [3.05, 3.63) is 88.7 Å². The van der Waals surface area contributed by atoms with Gasteiger partial charge in [-0.1, -0.05) is 77.4 Å². The summed E-state index contributed by atoms with van der Waals surface area (Å²) in [6, 6.07) is 21.3. The first kappa shape index (κ1) is 24.3. The zero-order chi connectivity index (χ0) is 23.9. The van der Waals surface area contributed by atoms with Crippen molar-refractivity contribution in [2.45, 2.75) is 24.4 Å². The Balaban J connectivity index is 1.41. The molecule has 0 aliphatic carbocycles. The molecule has 0 saturated carbocycles. The lowest BCUT2D eigenvalue weighted by Crippen LogP contribution is -2.12. The van der Waals surface area contributed by atoms with Crippen LogP contribution in [0.25, 0.3) is 17.1 Å². The molecule has 1 heterocycles. The second kappa shape index (κ2) is 11.5. The van der Waals surface area contributed by atoms with Crippen molar-refractivity contribution in [3.63, 3.8) is 0 Å². The second-order valence-electron chi connectivity index (χ2n) is 7.44. The molecule has 0 aliphatic rings. The number of rotatable bonds is 9. The van der Waals surface area contributed by atoms with E-state index in [9.17, 15) is 9.18 Å². The van der Waals surface area contributed by atoms with Gasteiger partial charge in [-0.05, 0) is 43.2 Å². The largest absolute Gasteiger partial charge is 0.324 e. The minimum atomic E-state index is -0.442. The van der Waals surface area contributed by atoms with Crippen LogP contribution in [0.1, 0.15) is 19.3 Å². The van der Waals surface area contributed by atoms with E-state index in [1.165, 1.54) is 6.07 Å². The van der Waals surface area contributed by atoms with Gasteiger partial charge in [-0.25, -0.2) is 4.39 Å². The summed E-state index contributed by atoms with van der Waals surface area (Å²) in [6.45, 7) is 0. The molecule has 0 atom stereocenters. The summed E-state index contributed by atoms with van der Waals surface area (Å²) in [5.41, 5.74) is 1.94. The SMILES string of the molecule is O=C(CCCCSc1nnc(-c2ccccc2)n1-c1ccc(Cl)c(Cl)c1)Nc1ccccc1F. The van der Waals surface area contributed by atoms with Gasteiger partial charge >= 0.3 is 0 Å². The molecular formula is C25H21Cl2FN4OS. The van der Waals surface area contributed by atoms with Crippen LogP contribution in [-0.4, -0.2) is 26.4 Å². The minimum Gasteiger partial charge on any atom is -0.324 e. The summed E-state index contributed by atoms with van der Waals surface area (Å²) < 4.78 is 15.6. The number of hydrogen-bond acceptors (Lipinski definition) is 4. The van der Waals surface area contributed by atoms with E-state index in [-0.39, 0.29) is 11.6 Å². The molecule has 174 valence electrons. The first-order chi connectivity index (χ1) is 16.5. The van der Waals surface area contributed by atoms with Crippen LogP contribution in [0.3, 0.4) is 0 Å². The van der Waals surface area contributed by atoms with E-state index >= 15 is 0 Å². The molecule has 34 heavy (non-hydrogen) atoms. The van der Waals surface area contributed by atoms with Crippen molar-refractivity contribution in [3.8, 4) is 17.1 Å². The van der Waals surface area contributed by atoms with Crippen LogP contribution in [0.2, 0.25) is 10.0 Å². The smallest absolute Gasteiger partial charge is 0.224 e. The average molecular weight is 515 g/mol. The molecule has 0 unspecified atom stereocenters. The molecule has 0 spiro atoms. The van der Waals surface area contributed by atoms with Gasteiger partial charge in [0.05, 0.1) is 21.4 Å². The highest BCUT2D eigenvalue weighted by molar-refractivity contribution is 7.99. The number of nitrogens with one attached hydrogen (secondary N) is 1. The third-order valence-electron chi connectivity index (χ3n) is 5.00. The van der Waals surface area contributed by atoms with Crippen molar-refractivity contribution in [2.75, 3.05) is 11.1 Å². The molecule has 0 aliphatic heterocycles. The predicted molar refractivity (Wildman–Crippen MR) is 136 cm³/mol. The highest BCUT2D eigenvalue weighted by atomic mass is 35.5. The molecule has 0 saturated heterocycles. The highest BCUT2D eigenvalue weighted by Gasteiger charge is 2.17. The van der Waals surface area contributed by atoms with E-state index in [2.05, 4.69) is 15.5 Å². The summed E-state index contributed by atoms with van der Waals surface area (Å²) in [6.07, 6.45) is 1.76. The Hall–Kier alpha value is -2.87. The maximum absolute atomic E-state index is 13.7. The van der Waals surface area contributed by atoms with Crippen LogP contribution in [0.4, 0.5) is 10.1 Å². The van der Waals surface area contributed by atoms with Gasteiger partial charge in [0.2, 0.25) is 5.91 Å². The van der Waals surface area contributed by atoms with Gasteiger partial charge in [-0.3, -0.25) is 9.36 Å². The van der Waals surface area contributed by atoms with Gasteiger partial charge in [0.1, 0.15) is 5.82 Å². The van der Waals surface area contributed by atoms with Crippen molar-refractivity contribution in [1.29, 1.82) is 0 Å². The number of para-hydroxylation sites is 1. The second-order valence-corrected chi connectivity index (χ2v) is 9.32. The molecule has 0 fully saturated rings. The Morgan fingerprint density at radius 1 is 0.941 bits per heavy atom. The summed E-state index contributed by atoms with van der Waals surface area (Å²) in [4.78, 5) is 12.1. The monoisotopic (exact) mass is 514 g/mol. The zero-order valence-electron chi connectivity index (χ0n) is 18.0. The van der Waals surface area contributed by atoms with Crippen molar-refractivity contribution in [1.82, 2.24) is 14.8 Å². The van der Waals surface area contributed by atoms with Crippen LogP contribution in [0, 0.1) is 5.82 Å². The van der Waals surface area contributed by atoms with E-state index in [1.807, 2.05) is 41.0 Å². The molecule has 1 aromatic heterocycles. The van der Waals surface area contributed by atoms with Crippen molar-refractivity contribution < 1.29 is 9.18 Å². The number of hydrogen-bond donors (Lipinski definition) is 1. The summed E-state index contributed by atoms with van der Waals surface area (Å²) >= 11 is 13.9. The van der Waals surface area contributed by atoms with Crippen molar-refractivity contribution >= 4 is 46.6 Å². The van der Waals surface area contributed by atoms with Gasteiger partial charge < -0.3 is 5.32 Å². The topological polar surface area (TPSA) is 59.8 Å². The van der Waals surface area contributed by atoms with E-state index in [0.717, 1.165) is 23.4 Å². The number of anilines is 1. The molecular weight excluding hydrogens is 494 g/mol. The van der Waals surface area contributed by atoms with E-state index in [0.29, 0.717) is 33.9 Å². The van der Waals surface area contributed by atoms with Gasteiger partial charge in [-0.15, -0.1) is 10.2 Å². The lowest BCUT2D eigenvalue weighted by molar-refractivity contribution is -0.116. The van der Waals surface area contributed by atoms with E-state index < -0.39 is 5.82 Å². The first-order valence-corrected chi connectivity index (χ1v) is 12.4. The van der Waals surface area contributed by atoms with Crippen LogP contribution < -0.4 is 5.32 Å². The summed E-state index contributed by atoms with van der Waals surface area (Å²) in [5.74, 6) is 0.787. The first-order valence-electron chi connectivity index (χ1n) is 10.7. The molecule has 3 aromatic carbocycles. The molecule has 4 aromatic rings. The van der Waals surface area contributed by atoms with Crippen LogP contribution >= 0.6 is 35.0 Å². The number of aromatic nitrogens is 3. The fourth-order valence-electron chi connectivity index (χ4n) is 3.32. The van der Waals surface area contributed by atoms with E-state index in [1.54, 1.807) is 42.1 Å². The highest BCUT2D eigenvalue weighted by Crippen LogP contribution is 2.31. The Labute approximate surface area is 211 Å². The third kappa shape index (κ3) is 5.97. The maximum Gasteiger partial charge on any atom is 0.224 e. The van der Waals surface area contributed by atoms with Gasteiger partial charge in [0.25, 0.3) is 0 Å². The number of unbranched alkanes of at least 4 members (excludes halogenated alkanes) is 1. The number of carbonyl (C=O) groups excluding carboxylic acids is 1. The summed E-state index contributed by atoms with van der Waals surface area (Å²) in [5, 5.41) is 13.1. The molecule has 1 N–H and O–H groups in total. The minimum absolute atomic E-state index is 0.199. The third-order valence-corrected chi connectivity index (χ3v) is 6.76. The average Bonchev–Trinajstić information content (AvgIpc) is 3.26. The molecule has 9 heteroatoms. The Morgan fingerprint density at radius 2 is 1.71 bits per heavy atom. The number of nitrogens with zero attached hydrogens (tertiary/aromatic N) is 3. The molecule has 4 rings (SSSR count). The summed E-state index contributed by atoms with van der Waals surface area (Å²) in [7, 11) is 0. The van der Waals surface area contributed by atoms with Gasteiger partial charge in [0, 0.05) is 17.7 Å². The number of benzene rings is 3. The molecule has 5 nitrogen and oxygen atoms in total.